The van der Waals surface area contributed by atoms with Gasteiger partial charge in [-0.15, -0.1) is 0 Å². The van der Waals surface area contributed by atoms with Gasteiger partial charge >= 0.3 is 0 Å². The summed E-state index contributed by atoms with van der Waals surface area (Å²) in [5, 5.41) is 2.80. The van der Waals surface area contributed by atoms with Gasteiger partial charge in [0, 0.05) is 21.1 Å². The Bertz CT molecular complexity index is 572. The number of nitrogens with zero attached hydrogens (tertiary/aromatic N) is 1. The number of benzene rings is 1. The molecule has 5 nitrogen and oxygen atoms in total. The van der Waals surface area contributed by atoms with E-state index in [0.717, 1.165) is 9.26 Å². The maximum Gasteiger partial charge on any atom is 0.238 e. The molecule has 0 aliphatic carbocycles. The van der Waals surface area contributed by atoms with Crippen LogP contribution < -0.4 is 5.32 Å². The Balaban J connectivity index is 2.52. The predicted molar refractivity (Wildman–Crippen MR) is 94.2 cm³/mol. The molecule has 1 amide bonds. The number of anilines is 1. The predicted octanol–water partition coefficient (Wildman–Crippen LogP) is 1.98. The number of carbonyl (C=O) groups excluding carboxylic acids is 1. The average Bonchev–Trinajstić information content (AvgIpc) is 2.40. The van der Waals surface area contributed by atoms with Crippen LogP contribution in [0.3, 0.4) is 0 Å². The third kappa shape index (κ3) is 6.75. The number of amides is 1. The van der Waals surface area contributed by atoms with Gasteiger partial charge in [0.05, 0.1) is 12.3 Å². The Morgan fingerprint density at radius 1 is 1.33 bits per heavy atom. The van der Waals surface area contributed by atoms with Crippen molar-refractivity contribution in [3.63, 3.8) is 0 Å². The summed E-state index contributed by atoms with van der Waals surface area (Å²) in [5.74, 6) is 0.0380. The normalized spacial score (nSPS) is 13.2. The Morgan fingerprint density at radius 2 is 1.90 bits per heavy atom. The van der Waals surface area contributed by atoms with Crippen LogP contribution in [0.1, 0.15) is 13.8 Å². The van der Waals surface area contributed by atoms with Crippen molar-refractivity contribution in [3.8, 4) is 0 Å². The Hall–Kier alpha value is -0.670. The number of likely N-dealkylation sites (N-methyl/N-ethyl adjacent to an activating group) is 1. The lowest BCUT2D eigenvalue weighted by molar-refractivity contribution is -0.117. The van der Waals surface area contributed by atoms with Gasteiger partial charge in [0.2, 0.25) is 5.91 Å². The molecular weight excluding hydrogens is 403 g/mol. The van der Waals surface area contributed by atoms with E-state index in [4.69, 9.17) is 0 Å². The smallest absolute Gasteiger partial charge is 0.238 e. The van der Waals surface area contributed by atoms with Crippen LogP contribution in [0.25, 0.3) is 0 Å². The molecule has 7 heteroatoms. The van der Waals surface area contributed by atoms with Crippen molar-refractivity contribution in [1.29, 1.82) is 0 Å². The molecule has 0 heterocycles. The van der Waals surface area contributed by atoms with Crippen LogP contribution in [-0.4, -0.2) is 50.4 Å². The lowest BCUT2D eigenvalue weighted by Gasteiger charge is -2.23. The highest BCUT2D eigenvalue weighted by Gasteiger charge is 2.19. The van der Waals surface area contributed by atoms with Gasteiger partial charge in [-0.25, -0.2) is 8.42 Å². The summed E-state index contributed by atoms with van der Waals surface area (Å²) in [4.78, 5) is 13.7. The highest BCUT2D eigenvalue weighted by atomic mass is 127. The maximum atomic E-state index is 11.9. The largest absolute Gasteiger partial charge is 0.325 e. The fourth-order valence-corrected chi connectivity index (χ4v) is 3.31. The number of sulfone groups is 1. The van der Waals surface area contributed by atoms with Crippen LogP contribution in [-0.2, 0) is 14.6 Å². The SMILES string of the molecule is CCS(=O)(=O)CC(C)N(C)CC(=O)Nc1ccc(I)cc1. The first-order valence-corrected chi connectivity index (χ1v) is 9.59. The fourth-order valence-electron chi connectivity index (χ4n) is 1.73. The van der Waals surface area contributed by atoms with Crippen LogP contribution in [0.2, 0.25) is 0 Å². The summed E-state index contributed by atoms with van der Waals surface area (Å²) in [7, 11) is -1.28. The Kier molecular flexibility index (Phi) is 7.08. The van der Waals surface area contributed by atoms with Gasteiger partial charge in [-0.2, -0.15) is 0 Å². The van der Waals surface area contributed by atoms with E-state index in [2.05, 4.69) is 27.9 Å². The summed E-state index contributed by atoms with van der Waals surface area (Å²) < 4.78 is 24.3. The number of halogens is 1. The first kappa shape index (κ1) is 18.4. The number of hydrogen-bond acceptors (Lipinski definition) is 4. The van der Waals surface area contributed by atoms with E-state index in [-0.39, 0.29) is 30.0 Å². The summed E-state index contributed by atoms with van der Waals surface area (Å²) in [5.41, 5.74) is 0.739. The zero-order chi connectivity index (χ0) is 16.0. The van der Waals surface area contributed by atoms with Crippen molar-refractivity contribution >= 4 is 44.0 Å². The van der Waals surface area contributed by atoms with Gasteiger partial charge in [0.1, 0.15) is 0 Å². The van der Waals surface area contributed by atoms with Gasteiger partial charge < -0.3 is 5.32 Å². The molecule has 21 heavy (non-hydrogen) atoms. The molecule has 0 spiro atoms. The van der Waals surface area contributed by atoms with Crippen molar-refractivity contribution in [3.05, 3.63) is 27.8 Å². The highest BCUT2D eigenvalue weighted by molar-refractivity contribution is 14.1. The molecule has 0 saturated carbocycles. The maximum absolute atomic E-state index is 11.9. The molecule has 0 aromatic heterocycles. The van der Waals surface area contributed by atoms with E-state index in [1.165, 1.54) is 0 Å². The minimum atomic E-state index is -3.04. The molecule has 0 bridgehead atoms. The molecule has 118 valence electrons. The topological polar surface area (TPSA) is 66.5 Å². The molecule has 0 saturated heterocycles. The van der Waals surface area contributed by atoms with Gasteiger partial charge in [-0.1, -0.05) is 6.92 Å². The lowest BCUT2D eigenvalue weighted by Crippen LogP contribution is -2.40. The molecule has 0 radical (unpaired) electrons. The van der Waals surface area contributed by atoms with Crippen LogP contribution in [0.4, 0.5) is 5.69 Å². The van der Waals surface area contributed by atoms with Gasteiger partial charge in [-0.05, 0) is 60.8 Å². The number of hydrogen-bond donors (Lipinski definition) is 1. The second-order valence-electron chi connectivity index (χ2n) is 5.02. The molecule has 0 aliphatic rings. The molecule has 1 N–H and O–H groups in total. The van der Waals surface area contributed by atoms with E-state index in [1.54, 1.807) is 18.9 Å². The summed E-state index contributed by atoms with van der Waals surface area (Å²) >= 11 is 2.20. The molecule has 1 aromatic carbocycles. The van der Waals surface area contributed by atoms with Crippen LogP contribution in [0.15, 0.2) is 24.3 Å². The zero-order valence-corrected chi connectivity index (χ0v) is 15.4. The molecule has 1 atom stereocenters. The number of nitrogens with one attached hydrogen (secondary N) is 1. The summed E-state index contributed by atoms with van der Waals surface area (Å²) in [6.07, 6.45) is 0. The van der Waals surface area contributed by atoms with E-state index >= 15 is 0 Å². The first-order valence-electron chi connectivity index (χ1n) is 6.69. The summed E-state index contributed by atoms with van der Waals surface area (Å²) in [6, 6.07) is 7.31. The van der Waals surface area contributed by atoms with E-state index in [1.807, 2.05) is 31.2 Å². The van der Waals surface area contributed by atoms with Crippen molar-refractivity contribution < 1.29 is 13.2 Å². The molecule has 1 unspecified atom stereocenters. The zero-order valence-electron chi connectivity index (χ0n) is 12.5. The van der Waals surface area contributed by atoms with E-state index in [9.17, 15) is 13.2 Å². The molecule has 0 aliphatic heterocycles. The Labute approximate surface area is 140 Å². The second-order valence-corrected chi connectivity index (χ2v) is 8.66. The van der Waals surface area contributed by atoms with E-state index in [0.29, 0.717) is 0 Å². The van der Waals surface area contributed by atoms with Crippen LogP contribution in [0.5, 0.6) is 0 Å². The minimum absolute atomic E-state index is 0.0663. The van der Waals surface area contributed by atoms with E-state index < -0.39 is 9.84 Å². The van der Waals surface area contributed by atoms with Crippen molar-refractivity contribution in [1.82, 2.24) is 4.90 Å². The van der Waals surface area contributed by atoms with Crippen LogP contribution in [0, 0.1) is 3.57 Å². The highest BCUT2D eigenvalue weighted by Crippen LogP contribution is 2.11. The second kappa shape index (κ2) is 8.09. The number of carbonyl (C=O) groups is 1. The van der Waals surface area contributed by atoms with Crippen molar-refractivity contribution in [2.45, 2.75) is 19.9 Å². The standard InChI is InChI=1S/C14H21IN2O3S/c1-4-21(19,20)10-11(2)17(3)9-14(18)16-13-7-5-12(15)6-8-13/h5-8,11H,4,9-10H2,1-3H3,(H,16,18). The number of rotatable bonds is 7. The third-order valence-electron chi connectivity index (χ3n) is 3.21. The minimum Gasteiger partial charge on any atom is -0.325 e. The van der Waals surface area contributed by atoms with Gasteiger partial charge in [0.25, 0.3) is 0 Å². The first-order chi connectivity index (χ1) is 9.73. The molecule has 1 aromatic rings. The van der Waals surface area contributed by atoms with Crippen molar-refractivity contribution in [2.24, 2.45) is 0 Å². The third-order valence-corrected chi connectivity index (χ3v) is 5.80. The lowest BCUT2D eigenvalue weighted by atomic mass is 10.3. The molecule has 0 fully saturated rings. The average molecular weight is 424 g/mol. The Morgan fingerprint density at radius 3 is 2.43 bits per heavy atom. The quantitative estimate of drug-likeness (QED) is 0.680. The van der Waals surface area contributed by atoms with Crippen LogP contribution >= 0.6 is 22.6 Å². The van der Waals surface area contributed by atoms with Gasteiger partial charge in [0.15, 0.2) is 9.84 Å². The summed E-state index contributed by atoms with van der Waals surface area (Å²) in [6.45, 7) is 3.60. The fraction of sp³-hybridized carbons (Fsp3) is 0.500. The molecule has 1 rings (SSSR count). The monoisotopic (exact) mass is 424 g/mol. The van der Waals surface area contributed by atoms with Crippen molar-refractivity contribution in [2.75, 3.05) is 30.4 Å². The van der Waals surface area contributed by atoms with Gasteiger partial charge in [-0.3, -0.25) is 9.69 Å². The molecular formula is C14H21IN2O3S.